The van der Waals surface area contributed by atoms with Gasteiger partial charge in [0.2, 0.25) is 11.8 Å². The van der Waals surface area contributed by atoms with Crippen LogP contribution in [-0.4, -0.2) is 56.0 Å². The minimum atomic E-state index is -0.370. The Labute approximate surface area is 175 Å². The van der Waals surface area contributed by atoms with E-state index in [1.165, 1.54) is 31.7 Å². The zero-order chi connectivity index (χ0) is 20.6. The maximum atomic E-state index is 13.1. The number of hydrogen-bond acceptors (Lipinski definition) is 2. The minimum absolute atomic E-state index is 0.0164. The second kappa shape index (κ2) is 7.84. The summed E-state index contributed by atoms with van der Waals surface area (Å²) in [5.74, 6) is 0.179. The number of likely N-dealkylation sites (tertiary alicyclic amines) is 1. The number of rotatable bonds is 6. The Morgan fingerprint density at radius 2 is 1.66 bits per heavy atom. The quantitative estimate of drug-likeness (QED) is 0.670. The molecule has 2 aliphatic heterocycles. The second-order valence-corrected chi connectivity index (χ2v) is 10.2. The molecular weight excluding hydrogens is 362 g/mol. The van der Waals surface area contributed by atoms with Crippen LogP contribution in [0.25, 0.3) is 0 Å². The Morgan fingerprint density at radius 1 is 1.00 bits per heavy atom. The van der Waals surface area contributed by atoms with Gasteiger partial charge < -0.3 is 9.80 Å². The summed E-state index contributed by atoms with van der Waals surface area (Å²) in [4.78, 5) is 31.0. The summed E-state index contributed by atoms with van der Waals surface area (Å²) < 4.78 is 0. The molecule has 3 aliphatic rings. The van der Waals surface area contributed by atoms with E-state index in [9.17, 15) is 9.59 Å². The van der Waals surface area contributed by atoms with Crippen LogP contribution < -0.4 is 9.80 Å². The predicted octanol–water partition coefficient (Wildman–Crippen LogP) is 0.171. The molecule has 1 aliphatic carbocycles. The molecule has 0 spiro atoms. The molecule has 1 aromatic rings. The number of carbonyl (C=O) groups is 2. The van der Waals surface area contributed by atoms with Crippen molar-refractivity contribution in [1.82, 2.24) is 4.90 Å². The van der Waals surface area contributed by atoms with E-state index in [0.717, 1.165) is 32.4 Å². The van der Waals surface area contributed by atoms with Gasteiger partial charge in [-0.2, -0.15) is 0 Å². The van der Waals surface area contributed by atoms with Gasteiger partial charge in [0.15, 0.2) is 0 Å². The lowest BCUT2D eigenvalue weighted by molar-refractivity contribution is -1.02. The Bertz CT molecular complexity index is 755. The third kappa shape index (κ3) is 3.64. The largest absolute Gasteiger partial charge is 0.326 e. The normalized spacial score (nSPS) is 33.9. The number of piperazine rings is 1. The van der Waals surface area contributed by atoms with Crippen LogP contribution in [0.2, 0.25) is 0 Å². The molecule has 2 N–H and O–H groups in total. The molecule has 0 unspecified atom stereocenters. The molecule has 158 valence electrons. The Hall–Kier alpha value is -1.72. The number of nitrogens with one attached hydrogen (secondary N) is 2. The first-order chi connectivity index (χ1) is 13.8. The zero-order valence-electron chi connectivity index (χ0n) is 18.3. The minimum Gasteiger partial charge on any atom is -0.326 e. The lowest BCUT2D eigenvalue weighted by Crippen LogP contribution is -3.27. The average Bonchev–Trinajstić information content (AvgIpc) is 2.90. The predicted molar refractivity (Wildman–Crippen MR) is 112 cm³/mol. The van der Waals surface area contributed by atoms with E-state index in [0.29, 0.717) is 6.54 Å². The molecule has 5 heteroatoms. The first kappa shape index (κ1) is 20.5. The van der Waals surface area contributed by atoms with Gasteiger partial charge in [0.05, 0.1) is 12.0 Å². The van der Waals surface area contributed by atoms with E-state index in [2.05, 4.69) is 51.1 Å². The number of hydrogen-bond donors (Lipinski definition) is 2. The summed E-state index contributed by atoms with van der Waals surface area (Å²) >= 11 is 0. The van der Waals surface area contributed by atoms with Gasteiger partial charge in [-0.1, -0.05) is 51.1 Å². The van der Waals surface area contributed by atoms with Crippen LogP contribution in [0.15, 0.2) is 30.3 Å². The van der Waals surface area contributed by atoms with Gasteiger partial charge in [0.25, 0.3) is 0 Å². The molecule has 2 amide bonds. The second-order valence-electron chi connectivity index (χ2n) is 10.2. The highest BCUT2D eigenvalue weighted by atomic mass is 16.2. The fraction of sp³-hybridized carbons (Fsp3) is 0.667. The molecule has 0 radical (unpaired) electrons. The Balaban J connectivity index is 1.24. The van der Waals surface area contributed by atoms with Gasteiger partial charge in [-0.05, 0) is 18.3 Å². The summed E-state index contributed by atoms with van der Waals surface area (Å²) in [5, 5.41) is 0. The molecule has 4 rings (SSSR count). The molecule has 29 heavy (non-hydrogen) atoms. The first-order valence-electron chi connectivity index (χ1n) is 11.4. The molecular formula is C24H37N3O2+2. The number of amides is 2. The van der Waals surface area contributed by atoms with Crippen molar-refractivity contribution in [2.45, 2.75) is 46.6 Å². The summed E-state index contributed by atoms with van der Waals surface area (Å²) in [6.07, 6.45) is 2.63. The number of benzene rings is 1. The fourth-order valence-electron chi connectivity index (χ4n) is 5.87. The van der Waals surface area contributed by atoms with Gasteiger partial charge in [-0.15, -0.1) is 0 Å². The van der Waals surface area contributed by atoms with Crippen LogP contribution in [-0.2, 0) is 16.1 Å². The van der Waals surface area contributed by atoms with Gasteiger partial charge in [-0.3, -0.25) is 14.5 Å². The average molecular weight is 400 g/mol. The van der Waals surface area contributed by atoms with Crippen molar-refractivity contribution in [2.75, 3.05) is 39.3 Å². The number of fused-ring (bicyclic) bond motifs is 2. The summed E-state index contributed by atoms with van der Waals surface area (Å²) in [7, 11) is 0. The molecule has 1 saturated carbocycles. The smallest absolute Gasteiger partial charge is 0.235 e. The van der Waals surface area contributed by atoms with Gasteiger partial charge in [-0.25, -0.2) is 0 Å². The number of imide groups is 1. The topological polar surface area (TPSA) is 46.3 Å². The van der Waals surface area contributed by atoms with E-state index in [1.807, 2.05) is 0 Å². The standard InChI is InChI=1S/C24H35N3O2/c1-23(2)20-10-11-24(23,3)22(29)27(21(20)28)13-7-12-25-14-16-26(17-15-25)18-19-8-5-4-6-9-19/h4-6,8-9,20H,7,10-18H2,1-3H3/p+2/t20-,24+/m1/s1. The molecule has 3 fully saturated rings. The van der Waals surface area contributed by atoms with Gasteiger partial charge in [0.1, 0.15) is 32.7 Å². The lowest BCUT2D eigenvalue weighted by Gasteiger charge is -2.47. The maximum Gasteiger partial charge on any atom is 0.235 e. The lowest BCUT2D eigenvalue weighted by atomic mass is 9.62. The molecule has 2 atom stereocenters. The van der Waals surface area contributed by atoms with Gasteiger partial charge >= 0.3 is 0 Å². The van der Waals surface area contributed by atoms with E-state index in [1.54, 1.807) is 14.7 Å². The number of quaternary nitrogens is 2. The van der Waals surface area contributed by atoms with E-state index < -0.39 is 0 Å². The summed E-state index contributed by atoms with van der Waals surface area (Å²) in [6.45, 7) is 13.8. The zero-order valence-corrected chi connectivity index (χ0v) is 18.3. The van der Waals surface area contributed by atoms with Crippen LogP contribution in [0.3, 0.4) is 0 Å². The van der Waals surface area contributed by atoms with Crippen molar-refractivity contribution in [2.24, 2.45) is 16.7 Å². The summed E-state index contributed by atoms with van der Waals surface area (Å²) in [5.41, 5.74) is 0.838. The van der Waals surface area contributed by atoms with Crippen LogP contribution in [0, 0.1) is 16.7 Å². The third-order valence-corrected chi connectivity index (χ3v) is 8.38. The fourth-order valence-corrected chi connectivity index (χ4v) is 5.87. The number of nitrogens with zero attached hydrogens (tertiary/aromatic N) is 1. The molecule has 0 aromatic heterocycles. The van der Waals surface area contributed by atoms with Crippen molar-refractivity contribution < 1.29 is 19.4 Å². The first-order valence-corrected chi connectivity index (χ1v) is 11.4. The van der Waals surface area contributed by atoms with Gasteiger partial charge in [0, 0.05) is 24.4 Å². The van der Waals surface area contributed by atoms with Crippen LogP contribution >= 0.6 is 0 Å². The Morgan fingerprint density at radius 3 is 2.34 bits per heavy atom. The van der Waals surface area contributed by atoms with Crippen molar-refractivity contribution in [1.29, 1.82) is 0 Å². The van der Waals surface area contributed by atoms with E-state index in [-0.39, 0.29) is 28.6 Å². The van der Waals surface area contributed by atoms with E-state index in [4.69, 9.17) is 0 Å². The van der Waals surface area contributed by atoms with E-state index >= 15 is 0 Å². The highest BCUT2D eigenvalue weighted by Gasteiger charge is 2.64. The van der Waals surface area contributed by atoms with Crippen molar-refractivity contribution in [3.8, 4) is 0 Å². The summed E-state index contributed by atoms with van der Waals surface area (Å²) in [6, 6.07) is 10.7. The number of piperidine rings is 1. The maximum absolute atomic E-state index is 13.1. The highest BCUT2D eigenvalue weighted by molar-refractivity contribution is 6.03. The monoisotopic (exact) mass is 399 g/mol. The van der Waals surface area contributed by atoms with Crippen molar-refractivity contribution in [3.05, 3.63) is 35.9 Å². The van der Waals surface area contributed by atoms with Crippen molar-refractivity contribution in [3.63, 3.8) is 0 Å². The molecule has 1 aromatic carbocycles. The SMILES string of the molecule is CC1(C)[C@@H]2CC[C@@]1(C)C(=O)N(CCC[NH+]1CC[NH+](Cc3ccccc3)CC1)C2=O. The Kier molecular flexibility index (Phi) is 5.56. The highest BCUT2D eigenvalue weighted by Crippen LogP contribution is 2.59. The van der Waals surface area contributed by atoms with Crippen LogP contribution in [0.4, 0.5) is 0 Å². The van der Waals surface area contributed by atoms with Crippen LogP contribution in [0.1, 0.15) is 45.6 Å². The molecule has 2 heterocycles. The number of carbonyl (C=O) groups excluding carboxylic acids is 2. The molecule has 5 nitrogen and oxygen atoms in total. The molecule has 2 saturated heterocycles. The van der Waals surface area contributed by atoms with Crippen molar-refractivity contribution >= 4 is 11.8 Å². The third-order valence-electron chi connectivity index (χ3n) is 8.38. The van der Waals surface area contributed by atoms with Crippen LogP contribution in [0.5, 0.6) is 0 Å². The molecule has 2 bridgehead atoms.